The molecular formula is C10H7F3INS. The van der Waals surface area contributed by atoms with Gasteiger partial charge in [-0.3, -0.25) is 0 Å². The van der Waals surface area contributed by atoms with Crippen LogP contribution in [-0.4, -0.2) is 11.7 Å². The molecule has 1 heterocycles. The number of thiazole rings is 1. The monoisotopic (exact) mass is 357 g/mol. The maximum absolute atomic E-state index is 13.1. The molecule has 0 aliphatic rings. The number of aromatic nitrogens is 1. The van der Waals surface area contributed by atoms with Gasteiger partial charge in [-0.15, -0.1) is 11.3 Å². The summed E-state index contributed by atoms with van der Waals surface area (Å²) in [6.45, 7) is -1.68. The molecule has 0 saturated heterocycles. The van der Waals surface area contributed by atoms with Gasteiger partial charge in [-0.25, -0.2) is 9.37 Å². The van der Waals surface area contributed by atoms with E-state index in [0.29, 0.717) is 5.52 Å². The van der Waals surface area contributed by atoms with Crippen molar-refractivity contribution in [2.75, 3.05) is 6.67 Å². The molecule has 0 fully saturated rings. The molecule has 1 aromatic carbocycles. The van der Waals surface area contributed by atoms with E-state index in [1.165, 1.54) is 23.5 Å². The van der Waals surface area contributed by atoms with Crippen LogP contribution in [-0.2, 0) is 10.4 Å². The molecule has 0 radical (unpaired) electrons. The highest BCUT2D eigenvalue weighted by Crippen LogP contribution is 2.32. The highest BCUT2D eigenvalue weighted by atomic mass is 127. The molecule has 16 heavy (non-hydrogen) atoms. The van der Waals surface area contributed by atoms with E-state index in [-0.39, 0.29) is 5.56 Å². The maximum Gasteiger partial charge on any atom is 0.301 e. The molecule has 0 unspecified atom stereocenters. The van der Waals surface area contributed by atoms with Gasteiger partial charge in [0.2, 0.25) is 0 Å². The van der Waals surface area contributed by atoms with Crippen LogP contribution in [0.15, 0.2) is 18.2 Å². The smallest absolute Gasteiger partial charge is 0.244 e. The average Bonchev–Trinajstić information content (AvgIpc) is 2.70. The van der Waals surface area contributed by atoms with Gasteiger partial charge in [-0.1, -0.05) is 28.7 Å². The number of rotatable bonds is 3. The number of nitrogens with zero attached hydrogens (tertiary/aromatic N) is 1. The molecular weight excluding hydrogens is 350 g/mol. The lowest BCUT2D eigenvalue weighted by Crippen LogP contribution is -2.15. The Labute approximate surface area is 108 Å². The summed E-state index contributed by atoms with van der Waals surface area (Å²) in [6.07, 6.45) is 0. The number of fused-ring (bicyclic) bond motifs is 1. The van der Waals surface area contributed by atoms with Crippen LogP contribution in [0.1, 0.15) is 10.6 Å². The van der Waals surface area contributed by atoms with Gasteiger partial charge in [0.15, 0.2) is 6.67 Å². The van der Waals surface area contributed by atoms with Gasteiger partial charge in [0.05, 0.1) is 14.6 Å². The van der Waals surface area contributed by atoms with Crippen molar-refractivity contribution >= 4 is 44.1 Å². The molecule has 0 aliphatic heterocycles. The van der Waals surface area contributed by atoms with Crippen molar-refractivity contribution in [1.29, 1.82) is 0 Å². The fraction of sp³-hybridized carbons (Fsp3) is 0.300. The van der Waals surface area contributed by atoms with E-state index in [4.69, 9.17) is 0 Å². The zero-order chi connectivity index (χ0) is 11.8. The van der Waals surface area contributed by atoms with Gasteiger partial charge in [0, 0.05) is 5.56 Å². The molecule has 0 bridgehead atoms. The number of hydrogen-bond acceptors (Lipinski definition) is 2. The summed E-state index contributed by atoms with van der Waals surface area (Å²) in [4.78, 5) is 4.19. The van der Waals surface area contributed by atoms with E-state index in [2.05, 4.69) is 27.6 Å². The molecule has 0 amide bonds. The molecule has 0 aliphatic carbocycles. The van der Waals surface area contributed by atoms with Crippen LogP contribution in [0.5, 0.6) is 0 Å². The lowest BCUT2D eigenvalue weighted by molar-refractivity contribution is -0.0279. The fourth-order valence-corrected chi connectivity index (χ4v) is 2.77. The number of benzene rings is 1. The first-order valence-electron chi connectivity index (χ1n) is 4.46. The fourth-order valence-electron chi connectivity index (χ4n) is 1.34. The Kier molecular flexibility index (Phi) is 3.39. The summed E-state index contributed by atoms with van der Waals surface area (Å²) in [5, 5.41) is 0.885. The SMILES string of the molecule is FCC(F)(F)c1ccc2sc(CI)nc2c1. The molecule has 0 N–H and O–H groups in total. The largest absolute Gasteiger partial charge is 0.301 e. The minimum Gasteiger partial charge on any atom is -0.244 e. The standard InChI is InChI=1S/C10H7F3INS/c11-5-10(12,13)6-1-2-8-7(3-6)15-9(4-14)16-8/h1-3H,4-5H2. The van der Waals surface area contributed by atoms with E-state index < -0.39 is 12.6 Å². The molecule has 1 aromatic heterocycles. The number of hydrogen-bond donors (Lipinski definition) is 0. The Hall–Kier alpha value is -0.370. The number of halogens is 4. The Bertz CT molecular complexity index is 512. The van der Waals surface area contributed by atoms with Gasteiger partial charge in [0.25, 0.3) is 0 Å². The summed E-state index contributed by atoms with van der Waals surface area (Å²) in [5.74, 6) is -3.41. The van der Waals surface area contributed by atoms with E-state index in [1.54, 1.807) is 6.07 Å². The van der Waals surface area contributed by atoms with Crippen LogP contribution in [0.3, 0.4) is 0 Å². The molecule has 2 rings (SSSR count). The van der Waals surface area contributed by atoms with Crippen molar-refractivity contribution < 1.29 is 13.2 Å². The molecule has 0 saturated carbocycles. The summed E-state index contributed by atoms with van der Waals surface area (Å²) < 4.78 is 40.0. The molecule has 2 aromatic rings. The third-order valence-corrected chi connectivity index (χ3v) is 4.41. The second kappa shape index (κ2) is 4.48. The van der Waals surface area contributed by atoms with Crippen molar-refractivity contribution in [3.63, 3.8) is 0 Å². The summed E-state index contributed by atoms with van der Waals surface area (Å²) in [6, 6.07) is 4.10. The highest BCUT2D eigenvalue weighted by Gasteiger charge is 2.31. The van der Waals surface area contributed by atoms with Crippen LogP contribution in [0.2, 0.25) is 0 Å². The van der Waals surface area contributed by atoms with Gasteiger partial charge < -0.3 is 0 Å². The van der Waals surface area contributed by atoms with E-state index in [0.717, 1.165) is 14.1 Å². The average molecular weight is 357 g/mol. The Morgan fingerprint density at radius 3 is 2.75 bits per heavy atom. The van der Waals surface area contributed by atoms with Crippen LogP contribution in [0, 0.1) is 0 Å². The highest BCUT2D eigenvalue weighted by molar-refractivity contribution is 14.1. The van der Waals surface area contributed by atoms with Crippen molar-refractivity contribution in [3.05, 3.63) is 28.8 Å². The maximum atomic E-state index is 13.1. The Morgan fingerprint density at radius 1 is 1.38 bits per heavy atom. The quantitative estimate of drug-likeness (QED) is 0.590. The molecule has 0 spiro atoms. The van der Waals surface area contributed by atoms with E-state index in [9.17, 15) is 13.2 Å². The predicted octanol–water partition coefficient (Wildman–Crippen LogP) is 4.29. The summed E-state index contributed by atoms with van der Waals surface area (Å²) in [7, 11) is 0. The molecule has 6 heteroatoms. The Balaban J connectivity index is 2.51. The van der Waals surface area contributed by atoms with Crippen LogP contribution >= 0.6 is 33.9 Å². The molecule has 86 valence electrons. The first-order chi connectivity index (χ1) is 7.56. The lowest BCUT2D eigenvalue weighted by Gasteiger charge is -2.11. The van der Waals surface area contributed by atoms with Crippen molar-refractivity contribution in [1.82, 2.24) is 4.98 Å². The first-order valence-corrected chi connectivity index (χ1v) is 6.81. The Morgan fingerprint density at radius 2 is 2.12 bits per heavy atom. The minimum atomic E-state index is -3.41. The van der Waals surface area contributed by atoms with Crippen LogP contribution in [0.25, 0.3) is 10.2 Å². The van der Waals surface area contributed by atoms with E-state index >= 15 is 0 Å². The predicted molar refractivity (Wildman–Crippen MR) is 67.2 cm³/mol. The topological polar surface area (TPSA) is 12.9 Å². The molecule has 0 atom stereocenters. The first kappa shape index (κ1) is 12.1. The van der Waals surface area contributed by atoms with E-state index in [1.807, 2.05) is 0 Å². The van der Waals surface area contributed by atoms with Crippen molar-refractivity contribution in [3.8, 4) is 0 Å². The van der Waals surface area contributed by atoms with Crippen molar-refractivity contribution in [2.24, 2.45) is 0 Å². The van der Waals surface area contributed by atoms with Gasteiger partial charge in [0.1, 0.15) is 5.01 Å². The van der Waals surface area contributed by atoms with Gasteiger partial charge in [-0.2, -0.15) is 8.78 Å². The lowest BCUT2D eigenvalue weighted by atomic mass is 10.1. The van der Waals surface area contributed by atoms with Crippen LogP contribution < -0.4 is 0 Å². The van der Waals surface area contributed by atoms with Crippen molar-refractivity contribution in [2.45, 2.75) is 10.4 Å². The number of alkyl halides is 4. The second-order valence-corrected chi connectivity index (χ2v) is 5.14. The zero-order valence-electron chi connectivity index (χ0n) is 8.01. The minimum absolute atomic E-state index is 0.312. The second-order valence-electron chi connectivity index (χ2n) is 3.26. The van der Waals surface area contributed by atoms with Gasteiger partial charge >= 0.3 is 5.92 Å². The normalized spacial score (nSPS) is 12.2. The molecule has 1 nitrogen and oxygen atoms in total. The summed E-state index contributed by atoms with van der Waals surface area (Å²) in [5.41, 5.74) is 0.204. The van der Waals surface area contributed by atoms with Gasteiger partial charge in [-0.05, 0) is 12.1 Å². The van der Waals surface area contributed by atoms with Crippen LogP contribution in [0.4, 0.5) is 13.2 Å². The third kappa shape index (κ3) is 2.17. The third-order valence-electron chi connectivity index (χ3n) is 2.14. The zero-order valence-corrected chi connectivity index (χ0v) is 11.0. The summed E-state index contributed by atoms with van der Waals surface area (Å²) >= 11 is 3.63.